The highest BCUT2D eigenvalue weighted by Gasteiger charge is 2.02. The Balaban J connectivity index is 1.45. The number of nitrogens with one attached hydrogen (secondary N) is 1. The number of carbonyl (C=O) groups excluding carboxylic acids is 1. The predicted octanol–water partition coefficient (Wildman–Crippen LogP) is 4.98. The third kappa shape index (κ3) is 5.95. The zero-order chi connectivity index (χ0) is 19.6. The van der Waals surface area contributed by atoms with Crippen LogP contribution in [0.4, 0.5) is 0 Å². The zero-order valence-electron chi connectivity index (χ0n) is 15.7. The largest absolute Gasteiger partial charge is 0.484 e. The Morgan fingerprint density at radius 1 is 0.964 bits per heavy atom. The van der Waals surface area contributed by atoms with Gasteiger partial charge in [0.2, 0.25) is 0 Å². The van der Waals surface area contributed by atoms with Gasteiger partial charge in [-0.1, -0.05) is 78.9 Å². The summed E-state index contributed by atoms with van der Waals surface area (Å²) in [7, 11) is 0. The van der Waals surface area contributed by atoms with E-state index in [0.717, 1.165) is 16.3 Å². The summed E-state index contributed by atoms with van der Waals surface area (Å²) in [6, 6.07) is 23.8. The van der Waals surface area contributed by atoms with Crippen LogP contribution in [-0.4, -0.2) is 18.2 Å². The second-order valence-electron chi connectivity index (χ2n) is 6.21. The number of benzene rings is 3. The summed E-state index contributed by atoms with van der Waals surface area (Å²) in [4.78, 5) is 11.9. The highest BCUT2D eigenvalue weighted by atomic mass is 16.5. The maximum absolute atomic E-state index is 11.9. The first kappa shape index (κ1) is 19.1. The molecular weight excluding hydrogens is 348 g/mol. The molecule has 0 aliphatic heterocycles. The van der Waals surface area contributed by atoms with Crippen LogP contribution in [-0.2, 0) is 4.79 Å². The SMILES string of the molecule is CC(/C=C/C=C/c1ccccc1)=N/NC(=O)COc1ccc2ccccc2c1. The number of hydrogen-bond acceptors (Lipinski definition) is 3. The highest BCUT2D eigenvalue weighted by Crippen LogP contribution is 2.20. The number of hydrazone groups is 1. The molecule has 3 aromatic carbocycles. The number of hydrogen-bond donors (Lipinski definition) is 1. The first-order valence-electron chi connectivity index (χ1n) is 9.05. The summed E-state index contributed by atoms with van der Waals surface area (Å²) in [5, 5.41) is 6.25. The van der Waals surface area contributed by atoms with Crippen LogP contribution in [0.2, 0.25) is 0 Å². The molecule has 0 fully saturated rings. The number of amides is 1. The molecular formula is C24H22N2O2. The smallest absolute Gasteiger partial charge is 0.277 e. The van der Waals surface area contributed by atoms with Gasteiger partial charge in [-0.25, -0.2) is 5.43 Å². The van der Waals surface area contributed by atoms with Gasteiger partial charge in [0, 0.05) is 0 Å². The number of carbonyl (C=O) groups is 1. The Kier molecular flexibility index (Phi) is 6.74. The molecule has 1 amide bonds. The van der Waals surface area contributed by atoms with Crippen molar-refractivity contribution in [1.82, 2.24) is 5.43 Å². The normalized spacial score (nSPS) is 12.0. The molecule has 0 aliphatic rings. The van der Waals surface area contributed by atoms with Gasteiger partial charge in [0.15, 0.2) is 6.61 Å². The molecule has 0 spiro atoms. The molecule has 0 heterocycles. The van der Waals surface area contributed by atoms with E-state index >= 15 is 0 Å². The molecule has 0 unspecified atom stereocenters. The molecule has 3 rings (SSSR count). The molecule has 4 heteroatoms. The lowest BCUT2D eigenvalue weighted by molar-refractivity contribution is -0.123. The predicted molar refractivity (Wildman–Crippen MR) is 115 cm³/mol. The van der Waals surface area contributed by atoms with E-state index in [1.54, 1.807) is 0 Å². The van der Waals surface area contributed by atoms with Gasteiger partial charge in [0.25, 0.3) is 5.91 Å². The lowest BCUT2D eigenvalue weighted by Crippen LogP contribution is -2.25. The van der Waals surface area contributed by atoms with Crippen LogP contribution in [0.1, 0.15) is 12.5 Å². The van der Waals surface area contributed by atoms with Crippen LogP contribution >= 0.6 is 0 Å². The maximum atomic E-state index is 11.9. The molecule has 28 heavy (non-hydrogen) atoms. The average molecular weight is 370 g/mol. The number of ether oxygens (including phenoxy) is 1. The summed E-state index contributed by atoms with van der Waals surface area (Å²) in [6.07, 6.45) is 7.63. The zero-order valence-corrected chi connectivity index (χ0v) is 15.7. The van der Waals surface area contributed by atoms with Gasteiger partial charge in [-0.3, -0.25) is 4.79 Å². The first-order valence-corrected chi connectivity index (χ1v) is 9.05. The lowest BCUT2D eigenvalue weighted by atomic mass is 10.1. The topological polar surface area (TPSA) is 50.7 Å². The van der Waals surface area contributed by atoms with Gasteiger partial charge in [-0.05, 0) is 41.5 Å². The van der Waals surface area contributed by atoms with Gasteiger partial charge in [-0.15, -0.1) is 0 Å². The second-order valence-corrected chi connectivity index (χ2v) is 6.21. The minimum atomic E-state index is -0.305. The average Bonchev–Trinajstić information content (AvgIpc) is 2.74. The van der Waals surface area contributed by atoms with Gasteiger partial charge < -0.3 is 4.74 Å². The van der Waals surface area contributed by atoms with Gasteiger partial charge in [0.05, 0.1) is 5.71 Å². The third-order valence-electron chi connectivity index (χ3n) is 3.98. The van der Waals surface area contributed by atoms with E-state index in [1.165, 1.54) is 0 Å². The van der Waals surface area contributed by atoms with Crippen molar-refractivity contribution in [1.29, 1.82) is 0 Å². The molecule has 0 bridgehead atoms. The monoisotopic (exact) mass is 370 g/mol. The molecule has 3 aromatic rings. The maximum Gasteiger partial charge on any atom is 0.277 e. The van der Waals surface area contributed by atoms with Crippen molar-refractivity contribution in [3.05, 3.63) is 96.6 Å². The van der Waals surface area contributed by atoms with Crippen LogP contribution in [0, 0.1) is 0 Å². The summed E-state index contributed by atoms with van der Waals surface area (Å²) in [5.41, 5.74) is 4.31. The van der Waals surface area contributed by atoms with Crippen molar-refractivity contribution in [3.8, 4) is 5.75 Å². The van der Waals surface area contributed by atoms with E-state index in [-0.39, 0.29) is 12.5 Å². The number of rotatable bonds is 7. The van der Waals surface area contributed by atoms with Crippen molar-refractivity contribution >= 4 is 28.5 Å². The van der Waals surface area contributed by atoms with Crippen LogP contribution in [0.5, 0.6) is 5.75 Å². The van der Waals surface area contributed by atoms with E-state index in [2.05, 4.69) is 10.5 Å². The fraction of sp³-hybridized carbons (Fsp3) is 0.0833. The van der Waals surface area contributed by atoms with E-state index in [4.69, 9.17) is 4.74 Å². The van der Waals surface area contributed by atoms with E-state index in [1.807, 2.05) is 104 Å². The van der Waals surface area contributed by atoms with Crippen LogP contribution in [0.25, 0.3) is 16.8 Å². The minimum absolute atomic E-state index is 0.0905. The molecule has 0 saturated heterocycles. The van der Waals surface area contributed by atoms with Crippen LogP contribution < -0.4 is 10.2 Å². The Morgan fingerprint density at radius 3 is 2.54 bits per heavy atom. The Labute approximate surface area is 164 Å². The standard InChI is InChI=1S/C24H22N2O2/c1-19(9-5-6-12-20-10-3-2-4-11-20)25-26-24(27)18-28-23-16-15-21-13-7-8-14-22(21)17-23/h2-17H,18H2,1H3,(H,26,27)/b9-5+,12-6+,25-19-. The van der Waals surface area contributed by atoms with Crippen LogP contribution in [0.3, 0.4) is 0 Å². The van der Waals surface area contributed by atoms with Gasteiger partial charge in [0.1, 0.15) is 5.75 Å². The Hall–Kier alpha value is -3.66. The van der Waals surface area contributed by atoms with Crippen molar-refractivity contribution < 1.29 is 9.53 Å². The van der Waals surface area contributed by atoms with Gasteiger partial charge >= 0.3 is 0 Å². The Morgan fingerprint density at radius 2 is 1.71 bits per heavy atom. The second kappa shape index (κ2) is 9.88. The molecule has 0 radical (unpaired) electrons. The van der Waals surface area contributed by atoms with E-state index in [9.17, 15) is 4.79 Å². The van der Waals surface area contributed by atoms with E-state index in [0.29, 0.717) is 11.5 Å². The summed E-state index contributed by atoms with van der Waals surface area (Å²) < 4.78 is 5.55. The molecule has 0 aliphatic carbocycles. The number of nitrogens with zero attached hydrogens (tertiary/aromatic N) is 1. The first-order chi connectivity index (χ1) is 13.7. The molecule has 0 saturated carbocycles. The van der Waals surface area contributed by atoms with E-state index < -0.39 is 0 Å². The number of fused-ring (bicyclic) bond motifs is 1. The van der Waals surface area contributed by atoms with Crippen LogP contribution in [0.15, 0.2) is 96.1 Å². The number of allylic oxidation sites excluding steroid dienone is 3. The van der Waals surface area contributed by atoms with Crippen molar-refractivity contribution in [3.63, 3.8) is 0 Å². The lowest BCUT2D eigenvalue weighted by Gasteiger charge is -2.06. The highest BCUT2D eigenvalue weighted by molar-refractivity contribution is 5.94. The summed E-state index contributed by atoms with van der Waals surface area (Å²) in [5.74, 6) is 0.348. The van der Waals surface area contributed by atoms with Gasteiger partial charge in [-0.2, -0.15) is 5.10 Å². The minimum Gasteiger partial charge on any atom is -0.484 e. The Bertz CT molecular complexity index is 1020. The molecule has 140 valence electrons. The van der Waals surface area contributed by atoms with Crippen molar-refractivity contribution in [2.45, 2.75) is 6.92 Å². The summed E-state index contributed by atoms with van der Waals surface area (Å²) in [6.45, 7) is 1.73. The quantitative estimate of drug-likeness (QED) is 0.362. The molecule has 0 atom stereocenters. The molecule has 4 nitrogen and oxygen atoms in total. The summed E-state index contributed by atoms with van der Waals surface area (Å²) >= 11 is 0. The van der Waals surface area contributed by atoms with Crippen molar-refractivity contribution in [2.24, 2.45) is 5.10 Å². The molecule has 0 aromatic heterocycles. The third-order valence-corrected chi connectivity index (χ3v) is 3.98. The fourth-order valence-corrected chi connectivity index (χ4v) is 2.55. The molecule has 1 N–H and O–H groups in total. The fourth-order valence-electron chi connectivity index (χ4n) is 2.55. The van der Waals surface area contributed by atoms with Crippen molar-refractivity contribution in [2.75, 3.05) is 6.61 Å².